The second-order valence-electron chi connectivity index (χ2n) is 4.43. The van der Waals surface area contributed by atoms with Crippen LogP contribution in [0.3, 0.4) is 0 Å². The molecule has 88 valence electrons. The summed E-state index contributed by atoms with van der Waals surface area (Å²) in [4.78, 5) is 15.8. The predicted molar refractivity (Wildman–Crippen MR) is 57.3 cm³/mol. The third kappa shape index (κ3) is 1.73. The zero-order chi connectivity index (χ0) is 11.9. The lowest BCUT2D eigenvalue weighted by atomic mass is 10.1. The van der Waals surface area contributed by atoms with Crippen LogP contribution in [0.25, 0.3) is 0 Å². The minimum Gasteiger partial charge on any atom is -0.388 e. The van der Waals surface area contributed by atoms with E-state index in [2.05, 4.69) is 4.98 Å². The van der Waals surface area contributed by atoms with Crippen molar-refractivity contribution in [3.8, 4) is 0 Å². The molecule has 1 aromatic heterocycles. The zero-order valence-corrected chi connectivity index (χ0v) is 9.25. The van der Waals surface area contributed by atoms with E-state index >= 15 is 0 Å². The Morgan fingerprint density at radius 3 is 2.88 bits per heavy atom. The minimum absolute atomic E-state index is 0.153. The van der Waals surface area contributed by atoms with E-state index < -0.39 is 10.5 Å². The molecule has 1 aliphatic heterocycles. The van der Waals surface area contributed by atoms with Gasteiger partial charge in [0.2, 0.25) is 12.1 Å². The molecule has 7 nitrogen and oxygen atoms in total. The van der Waals surface area contributed by atoms with E-state index in [1.807, 2.05) is 0 Å². The fraction of sp³-hybridized carbons (Fsp3) is 0.667. The summed E-state index contributed by atoms with van der Waals surface area (Å²) >= 11 is 0. The first-order chi connectivity index (χ1) is 7.41. The Morgan fingerprint density at radius 1 is 1.69 bits per heavy atom. The molecule has 0 saturated carbocycles. The first-order valence-corrected chi connectivity index (χ1v) is 5.04. The van der Waals surface area contributed by atoms with Crippen molar-refractivity contribution in [3.05, 3.63) is 16.4 Å². The Balaban J connectivity index is 2.34. The molecule has 1 N–H and O–H groups in total. The first-order valence-electron chi connectivity index (χ1n) is 5.04. The van der Waals surface area contributed by atoms with Crippen LogP contribution in [-0.4, -0.2) is 38.3 Å². The highest BCUT2D eigenvalue weighted by molar-refractivity contribution is 5.55. The summed E-state index contributed by atoms with van der Waals surface area (Å²) in [7, 11) is 1.71. The number of imidazole rings is 1. The van der Waals surface area contributed by atoms with Crippen LogP contribution in [-0.2, 0) is 7.05 Å². The molecule has 1 atom stereocenters. The Morgan fingerprint density at radius 2 is 2.38 bits per heavy atom. The van der Waals surface area contributed by atoms with Gasteiger partial charge in [0.1, 0.15) is 0 Å². The van der Waals surface area contributed by atoms with E-state index in [4.69, 9.17) is 0 Å². The molecule has 7 heteroatoms. The Hall–Kier alpha value is -1.63. The van der Waals surface area contributed by atoms with Gasteiger partial charge in [0.25, 0.3) is 0 Å². The number of nitro groups is 1. The number of anilines is 1. The molecule has 0 amide bonds. The highest BCUT2D eigenvalue weighted by Gasteiger charge is 2.36. The lowest BCUT2D eigenvalue weighted by molar-refractivity contribution is -0.388. The monoisotopic (exact) mass is 226 g/mol. The number of nitrogens with zero attached hydrogens (tertiary/aromatic N) is 4. The first kappa shape index (κ1) is 10.9. The van der Waals surface area contributed by atoms with Crippen molar-refractivity contribution in [3.63, 3.8) is 0 Å². The number of β-amino-alcohol motifs (C(OH)–C–C–N with tert-alkyl or cyclic N) is 1. The van der Waals surface area contributed by atoms with E-state index in [0.717, 1.165) is 0 Å². The molecule has 16 heavy (non-hydrogen) atoms. The maximum atomic E-state index is 10.8. The van der Waals surface area contributed by atoms with Crippen LogP contribution in [0.1, 0.15) is 13.3 Å². The molecule has 1 aliphatic rings. The van der Waals surface area contributed by atoms with Crippen molar-refractivity contribution in [1.82, 2.24) is 9.55 Å². The van der Waals surface area contributed by atoms with E-state index in [0.29, 0.717) is 25.3 Å². The second kappa shape index (κ2) is 3.44. The van der Waals surface area contributed by atoms with Crippen LogP contribution in [0.4, 0.5) is 11.6 Å². The van der Waals surface area contributed by atoms with Gasteiger partial charge in [0.15, 0.2) is 0 Å². The highest BCUT2D eigenvalue weighted by Crippen LogP contribution is 2.31. The maximum absolute atomic E-state index is 10.8. The van der Waals surface area contributed by atoms with E-state index in [9.17, 15) is 15.2 Å². The highest BCUT2D eigenvalue weighted by atomic mass is 16.6. The fourth-order valence-corrected chi connectivity index (χ4v) is 2.03. The van der Waals surface area contributed by atoms with Crippen LogP contribution in [0.5, 0.6) is 0 Å². The van der Waals surface area contributed by atoms with Crippen molar-refractivity contribution in [2.24, 2.45) is 7.05 Å². The van der Waals surface area contributed by atoms with Crippen LogP contribution in [0.15, 0.2) is 6.33 Å². The largest absolute Gasteiger partial charge is 0.406 e. The van der Waals surface area contributed by atoms with Crippen molar-refractivity contribution >= 4 is 11.6 Å². The lowest BCUT2D eigenvalue weighted by Crippen LogP contribution is -2.30. The summed E-state index contributed by atoms with van der Waals surface area (Å²) < 4.78 is 1.61. The molecule has 0 radical (unpaired) electrons. The van der Waals surface area contributed by atoms with Crippen LogP contribution < -0.4 is 4.90 Å². The van der Waals surface area contributed by atoms with Gasteiger partial charge in [-0.25, -0.2) is 0 Å². The number of aryl methyl sites for hydroxylation is 1. The molecule has 0 aliphatic carbocycles. The average molecular weight is 226 g/mol. The summed E-state index contributed by atoms with van der Waals surface area (Å²) in [6, 6.07) is 0. The molecular formula is C9H14N4O3. The summed E-state index contributed by atoms with van der Waals surface area (Å²) in [6.07, 6.45) is 2.02. The van der Waals surface area contributed by atoms with Gasteiger partial charge in [0.05, 0.1) is 5.60 Å². The van der Waals surface area contributed by atoms with Crippen LogP contribution in [0.2, 0.25) is 0 Å². The quantitative estimate of drug-likeness (QED) is 0.578. The van der Waals surface area contributed by atoms with Gasteiger partial charge in [-0.1, -0.05) is 0 Å². The Kier molecular flexibility index (Phi) is 2.34. The van der Waals surface area contributed by atoms with Crippen molar-refractivity contribution in [2.45, 2.75) is 18.9 Å². The smallest absolute Gasteiger partial charge is 0.388 e. The normalized spacial score (nSPS) is 25.1. The van der Waals surface area contributed by atoms with Gasteiger partial charge in [-0.3, -0.25) is 4.57 Å². The van der Waals surface area contributed by atoms with E-state index in [1.165, 1.54) is 6.33 Å². The van der Waals surface area contributed by atoms with Crippen LogP contribution in [0, 0.1) is 10.1 Å². The number of hydrogen-bond donors (Lipinski definition) is 1. The molecular weight excluding hydrogens is 212 g/mol. The zero-order valence-electron chi connectivity index (χ0n) is 9.25. The van der Waals surface area contributed by atoms with Crippen molar-refractivity contribution in [1.29, 1.82) is 0 Å². The van der Waals surface area contributed by atoms with Crippen molar-refractivity contribution in [2.75, 3.05) is 18.0 Å². The fourth-order valence-electron chi connectivity index (χ4n) is 2.03. The Labute approximate surface area is 92.5 Å². The van der Waals surface area contributed by atoms with Gasteiger partial charge >= 0.3 is 5.82 Å². The standard InChI is InChI=1S/C9H14N4O3/c1-9(14)3-4-12(5-9)8-7(13(15)16)10-6-11(8)2/h6,14H,3-5H2,1-2H3. The van der Waals surface area contributed by atoms with E-state index in [1.54, 1.807) is 23.4 Å². The van der Waals surface area contributed by atoms with E-state index in [-0.39, 0.29) is 5.82 Å². The Bertz CT molecular complexity index is 426. The van der Waals surface area contributed by atoms with Gasteiger partial charge in [-0.05, 0) is 23.3 Å². The molecule has 1 unspecified atom stereocenters. The topological polar surface area (TPSA) is 84.4 Å². The summed E-state index contributed by atoms with van der Waals surface area (Å²) in [6.45, 7) is 2.73. The van der Waals surface area contributed by atoms with Gasteiger partial charge in [0, 0.05) is 20.1 Å². The number of hydrogen-bond acceptors (Lipinski definition) is 5. The SMILES string of the molecule is Cn1cnc([N+](=O)[O-])c1N1CCC(C)(O)C1. The molecule has 2 heterocycles. The average Bonchev–Trinajstić information content (AvgIpc) is 2.69. The van der Waals surface area contributed by atoms with Gasteiger partial charge in [-0.15, -0.1) is 0 Å². The van der Waals surface area contributed by atoms with Crippen molar-refractivity contribution < 1.29 is 10.0 Å². The van der Waals surface area contributed by atoms with Gasteiger partial charge in [-0.2, -0.15) is 0 Å². The predicted octanol–water partition coefficient (Wildman–Crippen LogP) is 0.289. The molecule has 1 saturated heterocycles. The molecule has 0 spiro atoms. The maximum Gasteiger partial charge on any atom is 0.406 e. The third-order valence-electron chi connectivity index (χ3n) is 2.81. The molecule has 2 rings (SSSR count). The minimum atomic E-state index is -0.780. The molecule has 1 fully saturated rings. The second-order valence-corrected chi connectivity index (χ2v) is 4.43. The summed E-state index contributed by atoms with van der Waals surface area (Å²) in [5.41, 5.74) is -0.780. The molecule has 0 bridgehead atoms. The molecule has 0 aromatic carbocycles. The summed E-state index contributed by atoms with van der Waals surface area (Å²) in [5, 5.41) is 20.6. The van der Waals surface area contributed by atoms with Crippen LogP contribution >= 0.6 is 0 Å². The number of aliphatic hydroxyl groups is 1. The van der Waals surface area contributed by atoms with Gasteiger partial charge < -0.3 is 20.1 Å². The third-order valence-corrected chi connectivity index (χ3v) is 2.81. The summed E-state index contributed by atoms with van der Waals surface area (Å²) in [5.74, 6) is 0.308. The molecule has 1 aromatic rings. The number of aromatic nitrogens is 2. The lowest BCUT2D eigenvalue weighted by Gasteiger charge is -2.19. The number of rotatable bonds is 2.